The standard InChI is InChI=1S/C15H11Cl3O4/c1-21-9-4-2-8(3-5-9)6-10-13(17)11(16)7-12(14(10)18)22-15(19)20/h2-5,7H,6H2,1H3,(H,19,20). The van der Waals surface area contributed by atoms with Gasteiger partial charge in [0.25, 0.3) is 0 Å². The summed E-state index contributed by atoms with van der Waals surface area (Å²) in [7, 11) is 1.58. The van der Waals surface area contributed by atoms with Crippen molar-refractivity contribution in [2.45, 2.75) is 6.42 Å². The van der Waals surface area contributed by atoms with E-state index in [-0.39, 0.29) is 20.8 Å². The second-order valence-electron chi connectivity index (χ2n) is 4.36. The summed E-state index contributed by atoms with van der Waals surface area (Å²) in [6.45, 7) is 0. The van der Waals surface area contributed by atoms with Gasteiger partial charge in [0, 0.05) is 12.5 Å². The fourth-order valence-corrected chi connectivity index (χ4v) is 2.63. The largest absolute Gasteiger partial charge is 0.511 e. The van der Waals surface area contributed by atoms with Crippen molar-refractivity contribution in [3.05, 3.63) is 56.5 Å². The minimum atomic E-state index is -1.48. The summed E-state index contributed by atoms with van der Waals surface area (Å²) in [5, 5.41) is 9.27. The molecule has 0 aromatic heterocycles. The third-order valence-corrected chi connectivity index (χ3v) is 4.19. The van der Waals surface area contributed by atoms with Crippen molar-refractivity contribution in [1.82, 2.24) is 0 Å². The van der Waals surface area contributed by atoms with Gasteiger partial charge in [-0.1, -0.05) is 46.9 Å². The van der Waals surface area contributed by atoms with Crippen LogP contribution in [0.3, 0.4) is 0 Å². The highest BCUT2D eigenvalue weighted by Crippen LogP contribution is 2.40. The fraction of sp³-hybridized carbons (Fsp3) is 0.133. The summed E-state index contributed by atoms with van der Waals surface area (Å²) >= 11 is 18.4. The van der Waals surface area contributed by atoms with Crippen molar-refractivity contribution in [2.75, 3.05) is 7.11 Å². The molecule has 0 fully saturated rings. The van der Waals surface area contributed by atoms with Gasteiger partial charge in [0.2, 0.25) is 0 Å². The normalized spacial score (nSPS) is 10.4. The highest BCUT2D eigenvalue weighted by Gasteiger charge is 2.18. The fourth-order valence-electron chi connectivity index (χ4n) is 1.90. The summed E-state index contributed by atoms with van der Waals surface area (Å²) in [5.74, 6) is 0.675. The van der Waals surface area contributed by atoms with Crippen LogP contribution in [0.15, 0.2) is 30.3 Å². The minimum Gasteiger partial charge on any atom is -0.497 e. The van der Waals surface area contributed by atoms with Crippen molar-refractivity contribution >= 4 is 41.0 Å². The van der Waals surface area contributed by atoms with Crippen LogP contribution in [0.2, 0.25) is 15.1 Å². The predicted octanol–water partition coefficient (Wildman–Crippen LogP) is 5.30. The predicted molar refractivity (Wildman–Crippen MR) is 85.9 cm³/mol. The van der Waals surface area contributed by atoms with Crippen molar-refractivity contribution < 1.29 is 19.4 Å². The molecule has 0 spiro atoms. The van der Waals surface area contributed by atoms with Gasteiger partial charge < -0.3 is 14.6 Å². The maximum atomic E-state index is 10.7. The van der Waals surface area contributed by atoms with Crippen LogP contribution in [0, 0.1) is 0 Å². The second-order valence-corrected chi connectivity index (χ2v) is 5.52. The Morgan fingerprint density at radius 1 is 1.14 bits per heavy atom. The van der Waals surface area contributed by atoms with E-state index in [0.29, 0.717) is 12.0 Å². The molecule has 0 saturated heterocycles. The molecule has 1 N–H and O–H groups in total. The number of carbonyl (C=O) groups is 1. The van der Waals surface area contributed by atoms with E-state index in [1.54, 1.807) is 19.2 Å². The molecule has 0 radical (unpaired) electrons. The van der Waals surface area contributed by atoms with Gasteiger partial charge in [0.05, 0.1) is 22.2 Å². The first-order chi connectivity index (χ1) is 10.4. The molecule has 22 heavy (non-hydrogen) atoms. The third-order valence-electron chi connectivity index (χ3n) is 2.95. The Morgan fingerprint density at radius 2 is 1.77 bits per heavy atom. The number of hydrogen-bond donors (Lipinski definition) is 1. The lowest BCUT2D eigenvalue weighted by Crippen LogP contribution is -2.05. The molecule has 0 atom stereocenters. The van der Waals surface area contributed by atoms with Crippen LogP contribution in [0.1, 0.15) is 11.1 Å². The average molecular weight is 362 g/mol. The van der Waals surface area contributed by atoms with E-state index >= 15 is 0 Å². The molecule has 2 rings (SSSR count). The summed E-state index contributed by atoms with van der Waals surface area (Å²) in [6.07, 6.45) is -1.10. The highest BCUT2D eigenvalue weighted by molar-refractivity contribution is 6.44. The molecule has 0 unspecified atom stereocenters. The molecule has 7 heteroatoms. The van der Waals surface area contributed by atoms with Gasteiger partial charge in [-0.05, 0) is 23.3 Å². The molecule has 0 saturated carbocycles. The lowest BCUT2D eigenvalue weighted by atomic mass is 10.0. The van der Waals surface area contributed by atoms with Crippen LogP contribution in [0.25, 0.3) is 0 Å². The SMILES string of the molecule is COc1ccc(Cc2c(Cl)c(Cl)cc(OC(=O)O)c2Cl)cc1. The number of halogens is 3. The van der Waals surface area contributed by atoms with Gasteiger partial charge in [-0.15, -0.1) is 0 Å². The average Bonchev–Trinajstić information content (AvgIpc) is 2.49. The lowest BCUT2D eigenvalue weighted by molar-refractivity contribution is 0.144. The Labute approximate surface area is 142 Å². The minimum absolute atomic E-state index is 0.0490. The number of benzene rings is 2. The van der Waals surface area contributed by atoms with E-state index in [9.17, 15) is 4.79 Å². The molecule has 2 aromatic rings. The van der Waals surface area contributed by atoms with Crippen molar-refractivity contribution in [2.24, 2.45) is 0 Å². The van der Waals surface area contributed by atoms with E-state index in [1.165, 1.54) is 6.07 Å². The first-order valence-corrected chi connectivity index (χ1v) is 7.26. The summed E-state index contributed by atoms with van der Waals surface area (Å²) in [6, 6.07) is 8.58. The zero-order chi connectivity index (χ0) is 16.3. The lowest BCUT2D eigenvalue weighted by Gasteiger charge is -2.12. The third kappa shape index (κ3) is 3.77. The van der Waals surface area contributed by atoms with Crippen LogP contribution >= 0.6 is 34.8 Å². The first kappa shape index (κ1) is 16.7. The van der Waals surface area contributed by atoms with Crippen LogP contribution < -0.4 is 9.47 Å². The molecule has 116 valence electrons. The molecule has 0 bridgehead atoms. The highest BCUT2D eigenvalue weighted by atomic mass is 35.5. The van der Waals surface area contributed by atoms with Gasteiger partial charge >= 0.3 is 6.16 Å². The van der Waals surface area contributed by atoms with Crippen LogP contribution in [-0.2, 0) is 6.42 Å². The van der Waals surface area contributed by atoms with E-state index in [4.69, 9.17) is 44.6 Å². The second kappa shape index (κ2) is 7.09. The van der Waals surface area contributed by atoms with Crippen LogP contribution in [0.4, 0.5) is 4.79 Å². The van der Waals surface area contributed by atoms with Crippen LogP contribution in [0.5, 0.6) is 11.5 Å². The van der Waals surface area contributed by atoms with Gasteiger partial charge in [-0.25, -0.2) is 4.79 Å². The monoisotopic (exact) mass is 360 g/mol. The Balaban J connectivity index is 2.40. The number of hydrogen-bond acceptors (Lipinski definition) is 3. The number of rotatable bonds is 4. The molecule has 0 aliphatic heterocycles. The quantitative estimate of drug-likeness (QED) is 0.456. The molecular formula is C15H11Cl3O4. The Bertz CT molecular complexity index is 699. The van der Waals surface area contributed by atoms with Crippen molar-refractivity contribution in [1.29, 1.82) is 0 Å². The smallest absolute Gasteiger partial charge is 0.497 e. The molecule has 0 heterocycles. The van der Waals surface area contributed by atoms with Crippen molar-refractivity contribution in [3.8, 4) is 11.5 Å². The van der Waals surface area contributed by atoms with E-state index in [1.807, 2.05) is 12.1 Å². The van der Waals surface area contributed by atoms with E-state index in [2.05, 4.69) is 4.74 Å². The van der Waals surface area contributed by atoms with Gasteiger partial charge in [0.15, 0.2) is 5.75 Å². The molecule has 4 nitrogen and oxygen atoms in total. The summed E-state index contributed by atoms with van der Waals surface area (Å²) in [5.41, 5.74) is 1.41. The molecule has 0 aliphatic carbocycles. The molecule has 0 aliphatic rings. The number of ether oxygens (including phenoxy) is 2. The van der Waals surface area contributed by atoms with E-state index in [0.717, 1.165) is 11.3 Å². The summed E-state index contributed by atoms with van der Waals surface area (Å²) < 4.78 is 9.71. The van der Waals surface area contributed by atoms with Gasteiger partial charge in [0.1, 0.15) is 5.75 Å². The van der Waals surface area contributed by atoms with Crippen molar-refractivity contribution in [3.63, 3.8) is 0 Å². The molecule has 2 aromatic carbocycles. The summed E-state index contributed by atoms with van der Waals surface area (Å²) in [4.78, 5) is 10.7. The van der Waals surface area contributed by atoms with E-state index < -0.39 is 6.16 Å². The first-order valence-electron chi connectivity index (χ1n) is 6.12. The zero-order valence-electron chi connectivity index (χ0n) is 11.4. The maximum Gasteiger partial charge on any atom is 0.511 e. The number of carboxylic acid groups (broad SMARTS) is 1. The number of methoxy groups -OCH3 is 1. The Morgan fingerprint density at radius 3 is 2.32 bits per heavy atom. The van der Waals surface area contributed by atoms with Gasteiger partial charge in [-0.3, -0.25) is 0 Å². The Hall–Kier alpha value is -1.62. The zero-order valence-corrected chi connectivity index (χ0v) is 13.7. The maximum absolute atomic E-state index is 10.7. The van der Waals surface area contributed by atoms with Crippen LogP contribution in [-0.4, -0.2) is 18.4 Å². The molecule has 0 amide bonds. The topological polar surface area (TPSA) is 55.8 Å². The van der Waals surface area contributed by atoms with Gasteiger partial charge in [-0.2, -0.15) is 0 Å². The Kier molecular flexibility index (Phi) is 5.40. The molecular weight excluding hydrogens is 351 g/mol.